The number of hydrogen-bond donors (Lipinski definition) is 2. The highest BCUT2D eigenvalue weighted by Crippen LogP contribution is 2.64. The lowest BCUT2D eigenvalue weighted by molar-refractivity contribution is -0.175. The second kappa shape index (κ2) is 8.17. The van der Waals surface area contributed by atoms with Crippen molar-refractivity contribution in [1.29, 1.82) is 0 Å². The number of aldehydes is 1. The van der Waals surface area contributed by atoms with Crippen LogP contribution in [0.5, 0.6) is 5.75 Å². The predicted molar refractivity (Wildman–Crippen MR) is 119 cm³/mol. The first-order chi connectivity index (χ1) is 16.6. The lowest BCUT2D eigenvalue weighted by atomic mass is 9.50. The molecule has 5 atom stereocenters. The van der Waals surface area contributed by atoms with Crippen LogP contribution in [0.15, 0.2) is 24.0 Å². The fourth-order valence-corrected chi connectivity index (χ4v) is 6.28. The summed E-state index contributed by atoms with van der Waals surface area (Å²) < 4.78 is 17.0. The van der Waals surface area contributed by atoms with Gasteiger partial charge in [-0.25, -0.2) is 4.79 Å². The SMILES string of the molecule is C[C@H](OC(=O)CCC(=O)O)C(=O)OC1=CC[C@@]2(O)[C@H]3Cc4ccc(C=O)c5c4[C@@]2(CCN3C)[C@H]1O5. The van der Waals surface area contributed by atoms with Crippen LogP contribution in [0.25, 0.3) is 0 Å². The van der Waals surface area contributed by atoms with E-state index in [2.05, 4.69) is 4.90 Å². The fraction of sp³-hybridized carbons (Fsp3) is 0.520. The van der Waals surface area contributed by atoms with E-state index in [1.807, 2.05) is 13.1 Å². The molecule has 2 bridgehead atoms. The number of hydrogen-bond acceptors (Lipinski definition) is 9. The maximum atomic E-state index is 12.8. The van der Waals surface area contributed by atoms with Crippen LogP contribution in [-0.4, -0.2) is 76.8 Å². The van der Waals surface area contributed by atoms with E-state index in [0.717, 1.165) is 17.4 Å². The van der Waals surface area contributed by atoms with Crippen LogP contribution in [0.2, 0.25) is 0 Å². The summed E-state index contributed by atoms with van der Waals surface area (Å²) in [7, 11) is 1.98. The third-order valence-electron chi connectivity index (χ3n) is 7.93. The van der Waals surface area contributed by atoms with Crippen molar-refractivity contribution in [3.05, 3.63) is 40.7 Å². The van der Waals surface area contributed by atoms with Crippen LogP contribution in [-0.2, 0) is 35.7 Å². The van der Waals surface area contributed by atoms with Gasteiger partial charge in [0.05, 0.1) is 29.4 Å². The molecule has 35 heavy (non-hydrogen) atoms. The number of rotatable bonds is 7. The largest absolute Gasteiger partial charge is 0.481 e. The summed E-state index contributed by atoms with van der Waals surface area (Å²) in [5.74, 6) is -2.18. The number of aliphatic hydroxyl groups is 1. The highest BCUT2D eigenvalue weighted by molar-refractivity contribution is 5.84. The minimum atomic E-state index is -1.27. The molecule has 2 aliphatic carbocycles. The summed E-state index contributed by atoms with van der Waals surface area (Å²) in [4.78, 5) is 49.2. The first-order valence-electron chi connectivity index (χ1n) is 11.7. The second-order valence-electron chi connectivity index (χ2n) is 9.74. The van der Waals surface area contributed by atoms with Crippen molar-refractivity contribution in [2.24, 2.45) is 0 Å². The van der Waals surface area contributed by atoms with E-state index in [0.29, 0.717) is 30.7 Å². The van der Waals surface area contributed by atoms with E-state index in [1.165, 1.54) is 6.92 Å². The molecule has 1 aromatic carbocycles. The molecule has 0 unspecified atom stereocenters. The molecular formula is C25H27NO9. The molecule has 1 spiro atoms. The molecule has 4 aliphatic rings. The fourth-order valence-electron chi connectivity index (χ4n) is 6.28. The molecule has 1 fully saturated rings. The third-order valence-corrected chi connectivity index (χ3v) is 7.93. The number of likely N-dealkylation sites (N-methyl/N-ethyl adjacent to an activating group) is 1. The van der Waals surface area contributed by atoms with Gasteiger partial charge in [-0.1, -0.05) is 6.07 Å². The zero-order valence-corrected chi connectivity index (χ0v) is 19.5. The Morgan fingerprint density at radius 3 is 2.80 bits per heavy atom. The van der Waals surface area contributed by atoms with Crippen LogP contribution >= 0.6 is 0 Å². The lowest BCUT2D eigenvalue weighted by Gasteiger charge is -2.61. The molecule has 0 radical (unpaired) electrons. The van der Waals surface area contributed by atoms with E-state index in [4.69, 9.17) is 19.3 Å². The average Bonchev–Trinajstić information content (AvgIpc) is 3.17. The van der Waals surface area contributed by atoms with Gasteiger partial charge in [0.2, 0.25) is 0 Å². The summed E-state index contributed by atoms with van der Waals surface area (Å²) in [6.45, 7) is 2.04. The Bertz CT molecular complexity index is 1160. The van der Waals surface area contributed by atoms with E-state index in [-0.39, 0.29) is 24.6 Å². The summed E-state index contributed by atoms with van der Waals surface area (Å²) in [5, 5.41) is 20.8. The molecule has 2 N–H and O–H groups in total. The average molecular weight is 485 g/mol. The van der Waals surface area contributed by atoms with Gasteiger partial charge in [0.25, 0.3) is 0 Å². The Morgan fingerprint density at radius 1 is 1.31 bits per heavy atom. The van der Waals surface area contributed by atoms with E-state index >= 15 is 0 Å². The zero-order chi connectivity index (χ0) is 25.1. The Balaban J connectivity index is 1.46. The number of likely N-dealkylation sites (tertiary alicyclic amines) is 1. The predicted octanol–water partition coefficient (Wildman–Crippen LogP) is 1.12. The van der Waals surface area contributed by atoms with Gasteiger partial charge in [0, 0.05) is 18.0 Å². The van der Waals surface area contributed by atoms with Gasteiger partial charge in [-0.2, -0.15) is 0 Å². The quantitative estimate of drug-likeness (QED) is 0.426. The van der Waals surface area contributed by atoms with Crippen LogP contribution in [0.4, 0.5) is 0 Å². The van der Waals surface area contributed by atoms with Crippen LogP contribution < -0.4 is 4.74 Å². The van der Waals surface area contributed by atoms with Crippen LogP contribution in [0.1, 0.15) is 54.1 Å². The molecule has 0 amide bonds. The van der Waals surface area contributed by atoms with Gasteiger partial charge in [0.1, 0.15) is 11.5 Å². The molecule has 10 heteroatoms. The Labute approximate surface area is 201 Å². The number of carbonyl (C=O) groups is 4. The summed E-state index contributed by atoms with van der Waals surface area (Å²) in [5.41, 5.74) is 0.114. The summed E-state index contributed by atoms with van der Waals surface area (Å²) in [6, 6.07) is 3.44. The number of piperidine rings is 1. The van der Waals surface area contributed by atoms with E-state index < -0.39 is 47.6 Å². The smallest absolute Gasteiger partial charge is 0.352 e. The third kappa shape index (κ3) is 3.30. The van der Waals surface area contributed by atoms with E-state index in [9.17, 15) is 24.3 Å². The number of carbonyl (C=O) groups excluding carboxylic acids is 3. The highest BCUT2D eigenvalue weighted by Gasteiger charge is 2.72. The minimum absolute atomic E-state index is 0.175. The Kier molecular flexibility index (Phi) is 5.48. The number of carboxylic acid groups (broad SMARTS) is 1. The molecule has 0 saturated carbocycles. The van der Waals surface area contributed by atoms with Crippen LogP contribution in [0.3, 0.4) is 0 Å². The van der Waals surface area contributed by atoms with Crippen LogP contribution in [0, 0.1) is 0 Å². The molecule has 0 aromatic heterocycles. The maximum absolute atomic E-state index is 12.8. The molecule has 186 valence electrons. The molecule has 10 nitrogen and oxygen atoms in total. The monoisotopic (exact) mass is 485 g/mol. The lowest BCUT2D eigenvalue weighted by Crippen LogP contribution is -2.74. The van der Waals surface area contributed by atoms with Crippen molar-refractivity contribution in [2.45, 2.75) is 68.3 Å². The standard InChI is InChI=1S/C25H27NO9/c1-13(33-19(30)6-5-18(28)29)23(31)34-16-7-8-25(32)17-11-14-3-4-15(12-27)21-20(14)24(25,22(16)35-21)9-10-26(17)2/h3-4,7,12-13,17,22,32H,5-6,8-11H2,1-2H3,(H,28,29)/t13-,17+,22-,24-,25+/m0/s1. The first kappa shape index (κ1) is 23.5. The first-order valence-corrected chi connectivity index (χ1v) is 11.7. The van der Waals surface area contributed by atoms with Crippen molar-refractivity contribution in [1.82, 2.24) is 4.90 Å². The Morgan fingerprint density at radius 2 is 2.09 bits per heavy atom. The van der Waals surface area contributed by atoms with Gasteiger partial charge in [-0.15, -0.1) is 0 Å². The number of benzene rings is 1. The summed E-state index contributed by atoms with van der Waals surface area (Å²) >= 11 is 0. The van der Waals surface area contributed by atoms with Gasteiger partial charge in [0.15, 0.2) is 18.5 Å². The van der Waals surface area contributed by atoms with Crippen molar-refractivity contribution in [3.63, 3.8) is 0 Å². The van der Waals surface area contributed by atoms with Crippen molar-refractivity contribution < 1.29 is 43.6 Å². The summed E-state index contributed by atoms with van der Waals surface area (Å²) in [6.07, 6.45) is 0.875. The minimum Gasteiger partial charge on any atom is -0.481 e. The normalized spacial score (nSPS) is 30.9. The maximum Gasteiger partial charge on any atom is 0.352 e. The molecule has 5 rings (SSSR count). The number of aliphatic carboxylic acids is 1. The second-order valence-corrected chi connectivity index (χ2v) is 9.74. The van der Waals surface area contributed by atoms with Crippen molar-refractivity contribution in [2.75, 3.05) is 13.6 Å². The molecule has 1 aromatic rings. The number of carboxylic acids is 1. The van der Waals surface area contributed by atoms with Gasteiger partial charge in [-0.3, -0.25) is 14.4 Å². The van der Waals surface area contributed by atoms with Crippen molar-refractivity contribution >= 4 is 24.2 Å². The topological polar surface area (TPSA) is 140 Å². The number of esters is 2. The molecule has 1 saturated heterocycles. The molecule has 2 heterocycles. The van der Waals surface area contributed by atoms with Gasteiger partial charge in [-0.05, 0) is 51.1 Å². The zero-order valence-electron chi connectivity index (χ0n) is 19.5. The number of nitrogens with zero attached hydrogens (tertiary/aromatic N) is 1. The highest BCUT2D eigenvalue weighted by atomic mass is 16.6. The Hall–Kier alpha value is -3.24. The van der Waals surface area contributed by atoms with E-state index in [1.54, 1.807) is 12.1 Å². The molecular weight excluding hydrogens is 458 g/mol. The van der Waals surface area contributed by atoms with Gasteiger partial charge >= 0.3 is 17.9 Å². The van der Waals surface area contributed by atoms with Gasteiger partial charge < -0.3 is 29.3 Å². The molecule has 2 aliphatic heterocycles. The number of ether oxygens (including phenoxy) is 3. The van der Waals surface area contributed by atoms with Crippen molar-refractivity contribution in [3.8, 4) is 5.75 Å².